The number of aliphatic hydroxyl groups is 1. The molecule has 0 radical (unpaired) electrons. The van der Waals surface area contributed by atoms with Gasteiger partial charge in [-0.05, 0) is 47.8 Å². The third-order valence-electron chi connectivity index (χ3n) is 2.35. The van der Waals surface area contributed by atoms with Gasteiger partial charge in [-0.3, -0.25) is 0 Å². The van der Waals surface area contributed by atoms with Gasteiger partial charge in [0.25, 0.3) is 0 Å². The fourth-order valence-corrected chi connectivity index (χ4v) is 1.50. The molecule has 0 fully saturated rings. The monoisotopic (exact) mass is 245 g/mol. The van der Waals surface area contributed by atoms with E-state index in [-0.39, 0.29) is 12.1 Å². The molecule has 1 unspecified atom stereocenters. The molecule has 0 saturated heterocycles. The second-order valence-electron chi connectivity index (χ2n) is 5.61. The van der Waals surface area contributed by atoms with E-state index >= 15 is 0 Å². The van der Waals surface area contributed by atoms with Crippen LogP contribution in [-0.4, -0.2) is 66.8 Å². The highest BCUT2D eigenvalue weighted by molar-refractivity contribution is 5.74. The largest absolute Gasteiger partial charge is 0.389 e. The predicted molar refractivity (Wildman–Crippen MR) is 70.1 cm³/mol. The van der Waals surface area contributed by atoms with Crippen molar-refractivity contribution in [3.8, 4) is 0 Å². The number of urea groups is 1. The maximum absolute atomic E-state index is 11.8. The summed E-state index contributed by atoms with van der Waals surface area (Å²) in [5.41, 5.74) is -0.862. The first-order valence-corrected chi connectivity index (χ1v) is 6.00. The molecular weight excluding hydrogens is 218 g/mol. The molecule has 0 aromatic carbocycles. The molecule has 0 spiro atoms. The van der Waals surface area contributed by atoms with Gasteiger partial charge in [-0.2, -0.15) is 0 Å². The van der Waals surface area contributed by atoms with Crippen LogP contribution in [0.3, 0.4) is 0 Å². The number of nitrogens with one attached hydrogen (secondary N) is 1. The summed E-state index contributed by atoms with van der Waals surface area (Å²) >= 11 is 0. The average Bonchev–Trinajstić information content (AvgIpc) is 2.11. The zero-order valence-corrected chi connectivity index (χ0v) is 11.9. The van der Waals surface area contributed by atoms with Gasteiger partial charge >= 0.3 is 6.03 Å². The second-order valence-corrected chi connectivity index (χ2v) is 5.61. The number of amides is 2. The molecule has 1 atom stereocenters. The van der Waals surface area contributed by atoms with Crippen LogP contribution in [0.5, 0.6) is 0 Å². The van der Waals surface area contributed by atoms with Crippen molar-refractivity contribution >= 4 is 6.03 Å². The Morgan fingerprint density at radius 1 is 1.35 bits per heavy atom. The van der Waals surface area contributed by atoms with Crippen LogP contribution >= 0.6 is 0 Å². The highest BCUT2D eigenvalue weighted by atomic mass is 16.3. The molecule has 0 saturated carbocycles. The van der Waals surface area contributed by atoms with Gasteiger partial charge in [-0.1, -0.05) is 0 Å². The minimum atomic E-state index is -0.862. The molecule has 0 rings (SSSR count). The Kier molecular flexibility index (Phi) is 6.49. The first-order chi connectivity index (χ1) is 7.61. The van der Waals surface area contributed by atoms with E-state index in [1.807, 2.05) is 21.0 Å². The topological polar surface area (TPSA) is 55.8 Å². The lowest BCUT2D eigenvalue weighted by Gasteiger charge is -2.27. The molecule has 102 valence electrons. The summed E-state index contributed by atoms with van der Waals surface area (Å²) in [5.74, 6) is 0. The van der Waals surface area contributed by atoms with E-state index in [1.165, 1.54) is 4.90 Å². The molecule has 0 aliphatic rings. The molecule has 5 heteroatoms. The van der Waals surface area contributed by atoms with E-state index in [0.717, 1.165) is 13.0 Å². The number of likely N-dealkylation sites (N-methyl/N-ethyl adjacent to an activating group) is 1. The summed E-state index contributed by atoms with van der Waals surface area (Å²) in [7, 11) is 5.70. The quantitative estimate of drug-likeness (QED) is 0.725. The van der Waals surface area contributed by atoms with Gasteiger partial charge < -0.3 is 20.2 Å². The van der Waals surface area contributed by atoms with Crippen LogP contribution in [0, 0.1) is 0 Å². The maximum atomic E-state index is 11.8. The summed E-state index contributed by atoms with van der Waals surface area (Å²) in [6.07, 6.45) is 0.912. The Labute approximate surface area is 105 Å². The Morgan fingerprint density at radius 2 is 1.88 bits per heavy atom. The van der Waals surface area contributed by atoms with Crippen molar-refractivity contribution in [3.05, 3.63) is 0 Å². The zero-order chi connectivity index (χ0) is 13.6. The highest BCUT2D eigenvalue weighted by Gasteiger charge is 2.20. The van der Waals surface area contributed by atoms with E-state index in [2.05, 4.69) is 10.2 Å². The van der Waals surface area contributed by atoms with Gasteiger partial charge in [0, 0.05) is 13.1 Å². The van der Waals surface area contributed by atoms with Gasteiger partial charge in [-0.25, -0.2) is 4.79 Å². The normalized spacial score (nSPS) is 13.6. The minimum Gasteiger partial charge on any atom is -0.389 e. The molecule has 0 heterocycles. The van der Waals surface area contributed by atoms with Gasteiger partial charge in [0.15, 0.2) is 0 Å². The van der Waals surface area contributed by atoms with Crippen LogP contribution in [0.15, 0.2) is 0 Å². The third kappa shape index (κ3) is 8.94. The van der Waals surface area contributed by atoms with Crippen molar-refractivity contribution in [2.45, 2.75) is 38.8 Å². The Bertz CT molecular complexity index is 236. The van der Waals surface area contributed by atoms with Gasteiger partial charge in [0.2, 0.25) is 0 Å². The molecule has 0 aromatic heterocycles. The smallest absolute Gasteiger partial charge is 0.317 e. The van der Waals surface area contributed by atoms with Gasteiger partial charge in [0.05, 0.1) is 12.1 Å². The van der Waals surface area contributed by atoms with Crippen molar-refractivity contribution in [2.75, 3.05) is 34.2 Å². The summed E-state index contributed by atoms with van der Waals surface area (Å²) in [5, 5.41) is 12.5. The number of nitrogens with zero attached hydrogens (tertiary/aromatic N) is 2. The summed E-state index contributed by atoms with van der Waals surface area (Å²) < 4.78 is 0. The number of carbonyl (C=O) groups excluding carboxylic acids is 1. The first kappa shape index (κ1) is 16.2. The molecule has 0 aromatic rings. The van der Waals surface area contributed by atoms with Crippen LogP contribution in [0.25, 0.3) is 0 Å². The van der Waals surface area contributed by atoms with Crippen LogP contribution in [0.1, 0.15) is 27.2 Å². The summed E-state index contributed by atoms with van der Waals surface area (Å²) in [4.78, 5) is 15.4. The fraction of sp³-hybridized carbons (Fsp3) is 0.917. The average molecular weight is 245 g/mol. The second kappa shape index (κ2) is 6.81. The van der Waals surface area contributed by atoms with E-state index in [9.17, 15) is 9.90 Å². The van der Waals surface area contributed by atoms with Crippen LogP contribution < -0.4 is 5.32 Å². The molecule has 0 aliphatic heterocycles. The lowest BCUT2D eigenvalue weighted by atomic mass is 10.1. The molecule has 2 amide bonds. The van der Waals surface area contributed by atoms with E-state index < -0.39 is 5.60 Å². The molecular formula is C12H27N3O2. The van der Waals surface area contributed by atoms with Crippen LogP contribution in [0.4, 0.5) is 4.79 Å². The summed E-state index contributed by atoms with van der Waals surface area (Å²) in [6.45, 7) is 6.62. The minimum absolute atomic E-state index is 0.133. The lowest BCUT2D eigenvalue weighted by molar-refractivity contribution is 0.0528. The fourth-order valence-electron chi connectivity index (χ4n) is 1.50. The maximum Gasteiger partial charge on any atom is 0.317 e. The first-order valence-electron chi connectivity index (χ1n) is 6.00. The SMILES string of the molecule is CC(CCN(C)C)NC(=O)N(C)CC(C)(C)O. The molecule has 2 N–H and O–H groups in total. The van der Waals surface area contributed by atoms with E-state index in [4.69, 9.17) is 0 Å². The molecule has 17 heavy (non-hydrogen) atoms. The van der Waals surface area contributed by atoms with Gasteiger partial charge in [0.1, 0.15) is 0 Å². The van der Waals surface area contributed by atoms with E-state index in [1.54, 1.807) is 20.9 Å². The van der Waals surface area contributed by atoms with Crippen molar-refractivity contribution in [3.63, 3.8) is 0 Å². The predicted octanol–water partition coefficient (Wildman–Crippen LogP) is 0.739. The summed E-state index contributed by atoms with van der Waals surface area (Å²) in [6, 6.07) is -0.00691. The molecule has 0 aliphatic carbocycles. The van der Waals surface area contributed by atoms with Crippen LogP contribution in [0.2, 0.25) is 0 Å². The van der Waals surface area contributed by atoms with Crippen molar-refractivity contribution in [2.24, 2.45) is 0 Å². The van der Waals surface area contributed by atoms with Crippen molar-refractivity contribution in [1.82, 2.24) is 15.1 Å². The molecule has 5 nitrogen and oxygen atoms in total. The van der Waals surface area contributed by atoms with Crippen LogP contribution in [-0.2, 0) is 0 Å². The van der Waals surface area contributed by atoms with E-state index in [0.29, 0.717) is 6.54 Å². The Morgan fingerprint density at radius 3 is 2.29 bits per heavy atom. The number of carbonyl (C=O) groups is 1. The number of hydrogen-bond donors (Lipinski definition) is 2. The number of rotatable bonds is 6. The lowest BCUT2D eigenvalue weighted by Crippen LogP contribution is -2.47. The van der Waals surface area contributed by atoms with Crippen molar-refractivity contribution in [1.29, 1.82) is 0 Å². The standard InChI is InChI=1S/C12H27N3O2/c1-10(7-8-14(4)5)13-11(16)15(6)9-12(2,3)17/h10,17H,7-9H2,1-6H3,(H,13,16). The Hall–Kier alpha value is -0.810. The van der Waals surface area contributed by atoms with Gasteiger partial charge in [-0.15, -0.1) is 0 Å². The number of hydrogen-bond acceptors (Lipinski definition) is 3. The Balaban J connectivity index is 3.99. The molecule has 0 bridgehead atoms. The van der Waals surface area contributed by atoms with Crippen molar-refractivity contribution < 1.29 is 9.90 Å². The zero-order valence-electron chi connectivity index (χ0n) is 11.9. The highest BCUT2D eigenvalue weighted by Crippen LogP contribution is 2.03. The third-order valence-corrected chi connectivity index (χ3v) is 2.35.